The summed E-state index contributed by atoms with van der Waals surface area (Å²) in [7, 11) is 0. The van der Waals surface area contributed by atoms with Gasteiger partial charge in [-0.05, 0) is 0 Å². The van der Waals surface area contributed by atoms with Gasteiger partial charge in [-0.25, -0.2) is 0 Å². The molecule has 0 saturated carbocycles. The van der Waals surface area contributed by atoms with Crippen molar-refractivity contribution < 1.29 is 74.7 Å². The molecule has 3 saturated heterocycles. The SMILES string of the molecule is OC[C@@H]1C[C@H](O)[C@H](O)[C@H](O[C@@H]2[C@H](O[C@H]3[C@@H](O)[C@H](O)[C@@H](CO)O[C@H]3O)O[C@H](CO)[C@@H](O)[C@@H]2O)O1. The number of hydrogen-bond donors (Lipinski definition) is 10. The molecular formula is C18H32O15. The molecule has 0 aromatic carbocycles. The number of hydrogen-bond acceptors (Lipinski definition) is 15. The maximum atomic E-state index is 10.6. The molecule has 15 nitrogen and oxygen atoms in total. The molecule has 0 aliphatic carbocycles. The van der Waals surface area contributed by atoms with Crippen LogP contribution >= 0.6 is 0 Å². The monoisotopic (exact) mass is 488 g/mol. The van der Waals surface area contributed by atoms with Crippen molar-refractivity contribution in [1.29, 1.82) is 0 Å². The molecule has 3 aliphatic rings. The van der Waals surface area contributed by atoms with Gasteiger partial charge in [0.15, 0.2) is 18.9 Å². The summed E-state index contributed by atoms with van der Waals surface area (Å²) in [5, 5.41) is 99.5. The number of rotatable bonds is 7. The summed E-state index contributed by atoms with van der Waals surface area (Å²) in [5.74, 6) is 0. The minimum Gasteiger partial charge on any atom is -0.394 e. The van der Waals surface area contributed by atoms with Crippen LogP contribution in [0.2, 0.25) is 0 Å². The number of ether oxygens (including phenoxy) is 5. The zero-order valence-electron chi connectivity index (χ0n) is 17.4. The Bertz CT molecular complexity index is 611. The van der Waals surface area contributed by atoms with Gasteiger partial charge >= 0.3 is 0 Å². The predicted molar refractivity (Wildman–Crippen MR) is 99.9 cm³/mol. The summed E-state index contributed by atoms with van der Waals surface area (Å²) >= 11 is 0. The van der Waals surface area contributed by atoms with Crippen LogP contribution in [0.25, 0.3) is 0 Å². The van der Waals surface area contributed by atoms with Gasteiger partial charge in [-0.1, -0.05) is 0 Å². The highest BCUT2D eigenvalue weighted by molar-refractivity contribution is 4.95. The largest absolute Gasteiger partial charge is 0.394 e. The van der Waals surface area contributed by atoms with E-state index in [0.29, 0.717) is 0 Å². The van der Waals surface area contributed by atoms with E-state index in [9.17, 15) is 51.1 Å². The van der Waals surface area contributed by atoms with E-state index < -0.39 is 106 Å². The third-order valence-corrected chi connectivity index (χ3v) is 5.96. The molecule has 0 radical (unpaired) electrons. The van der Waals surface area contributed by atoms with E-state index in [1.807, 2.05) is 0 Å². The first kappa shape index (κ1) is 27.0. The molecule has 15 heteroatoms. The molecule has 3 heterocycles. The molecule has 0 aromatic rings. The Kier molecular flexibility index (Phi) is 9.35. The van der Waals surface area contributed by atoms with Crippen LogP contribution in [0.3, 0.4) is 0 Å². The minimum atomic E-state index is -1.86. The Hall–Kier alpha value is -0.600. The fourth-order valence-electron chi connectivity index (χ4n) is 3.99. The lowest BCUT2D eigenvalue weighted by atomic mass is 9.97. The van der Waals surface area contributed by atoms with Crippen molar-refractivity contribution in [2.75, 3.05) is 19.8 Å². The zero-order valence-corrected chi connectivity index (χ0v) is 17.4. The van der Waals surface area contributed by atoms with E-state index in [4.69, 9.17) is 23.7 Å². The highest BCUT2D eigenvalue weighted by Crippen LogP contribution is 2.32. The van der Waals surface area contributed by atoms with Gasteiger partial charge in [0, 0.05) is 6.42 Å². The summed E-state index contributed by atoms with van der Waals surface area (Å²) in [4.78, 5) is 0. The van der Waals surface area contributed by atoms with Crippen molar-refractivity contribution in [3.05, 3.63) is 0 Å². The average Bonchev–Trinajstić information content (AvgIpc) is 2.80. The number of aliphatic hydroxyl groups excluding tert-OH is 10. The van der Waals surface area contributed by atoms with Gasteiger partial charge in [-0.15, -0.1) is 0 Å². The molecule has 0 unspecified atom stereocenters. The Morgan fingerprint density at radius 3 is 1.70 bits per heavy atom. The topological polar surface area (TPSA) is 248 Å². The predicted octanol–water partition coefficient (Wildman–Crippen LogP) is -6.54. The van der Waals surface area contributed by atoms with E-state index in [-0.39, 0.29) is 6.42 Å². The van der Waals surface area contributed by atoms with Gasteiger partial charge in [0.05, 0.1) is 32.0 Å². The van der Waals surface area contributed by atoms with E-state index in [1.54, 1.807) is 0 Å². The van der Waals surface area contributed by atoms with Crippen LogP contribution < -0.4 is 0 Å². The highest BCUT2D eigenvalue weighted by atomic mass is 16.8. The first-order valence-corrected chi connectivity index (χ1v) is 10.5. The summed E-state index contributed by atoms with van der Waals surface area (Å²) in [5.41, 5.74) is 0. The Balaban J connectivity index is 1.80. The maximum absolute atomic E-state index is 10.6. The lowest BCUT2D eigenvalue weighted by Gasteiger charge is -2.47. The smallest absolute Gasteiger partial charge is 0.187 e. The number of aliphatic hydroxyl groups is 10. The van der Waals surface area contributed by atoms with Crippen molar-refractivity contribution in [2.24, 2.45) is 0 Å². The summed E-state index contributed by atoms with van der Waals surface area (Å²) < 4.78 is 26.8. The molecule has 3 rings (SSSR count). The molecule has 33 heavy (non-hydrogen) atoms. The van der Waals surface area contributed by atoms with Crippen LogP contribution in [-0.2, 0) is 23.7 Å². The lowest BCUT2D eigenvalue weighted by molar-refractivity contribution is -0.387. The van der Waals surface area contributed by atoms with Crippen molar-refractivity contribution in [2.45, 2.75) is 92.4 Å². The lowest BCUT2D eigenvalue weighted by Crippen LogP contribution is -2.66. The first-order chi connectivity index (χ1) is 15.6. The second-order valence-electron chi connectivity index (χ2n) is 8.24. The van der Waals surface area contributed by atoms with Crippen molar-refractivity contribution >= 4 is 0 Å². The van der Waals surface area contributed by atoms with Crippen LogP contribution in [0.5, 0.6) is 0 Å². The molecule has 3 aliphatic heterocycles. The standard InChI is InChI=1S/C18H32O15/c19-2-5-1-6(22)9(23)17(29-5)33-15-13(27)11(25)8(4-21)31-18(15)32-14-12(26)10(24)7(3-20)30-16(14)28/h5-28H,1-4H2/t5-,6-,7+,8+,9-,10+,11+,12-,13-,14-,15-,16+,17-,18-/m0/s1. The van der Waals surface area contributed by atoms with Gasteiger partial charge < -0.3 is 74.7 Å². The molecule has 14 atom stereocenters. The van der Waals surface area contributed by atoms with Gasteiger partial charge in [0.25, 0.3) is 0 Å². The van der Waals surface area contributed by atoms with E-state index >= 15 is 0 Å². The first-order valence-electron chi connectivity index (χ1n) is 10.5. The fourth-order valence-corrected chi connectivity index (χ4v) is 3.99. The molecule has 194 valence electrons. The fraction of sp³-hybridized carbons (Fsp3) is 1.00. The normalized spacial score (nSPS) is 51.5. The molecular weight excluding hydrogens is 456 g/mol. The van der Waals surface area contributed by atoms with Crippen LogP contribution in [0, 0.1) is 0 Å². The Labute approximate surface area is 187 Å². The van der Waals surface area contributed by atoms with Crippen LogP contribution in [0.1, 0.15) is 6.42 Å². The second kappa shape index (κ2) is 11.4. The van der Waals surface area contributed by atoms with Crippen LogP contribution in [-0.4, -0.2) is 157 Å². The van der Waals surface area contributed by atoms with Crippen molar-refractivity contribution in [3.8, 4) is 0 Å². The third-order valence-electron chi connectivity index (χ3n) is 5.96. The summed E-state index contributed by atoms with van der Waals surface area (Å²) in [6.07, 6.45) is -22.2. The van der Waals surface area contributed by atoms with E-state index in [1.165, 1.54) is 0 Å². The molecule has 10 N–H and O–H groups in total. The van der Waals surface area contributed by atoms with Crippen LogP contribution in [0.15, 0.2) is 0 Å². The van der Waals surface area contributed by atoms with E-state index in [0.717, 1.165) is 0 Å². The molecule has 3 fully saturated rings. The van der Waals surface area contributed by atoms with Crippen molar-refractivity contribution in [3.63, 3.8) is 0 Å². The van der Waals surface area contributed by atoms with Gasteiger partial charge in [0.1, 0.15) is 54.9 Å². The zero-order chi connectivity index (χ0) is 24.4. The quantitative estimate of drug-likeness (QED) is 0.160. The Morgan fingerprint density at radius 1 is 0.576 bits per heavy atom. The van der Waals surface area contributed by atoms with Gasteiger partial charge in [-0.2, -0.15) is 0 Å². The molecule has 0 spiro atoms. The third kappa shape index (κ3) is 5.64. The van der Waals surface area contributed by atoms with Crippen LogP contribution in [0.4, 0.5) is 0 Å². The molecule has 0 bridgehead atoms. The van der Waals surface area contributed by atoms with Gasteiger partial charge in [0.2, 0.25) is 0 Å². The average molecular weight is 488 g/mol. The molecule has 0 amide bonds. The highest BCUT2D eigenvalue weighted by Gasteiger charge is 2.52. The minimum absolute atomic E-state index is 0.0991. The van der Waals surface area contributed by atoms with Crippen molar-refractivity contribution in [1.82, 2.24) is 0 Å². The summed E-state index contributed by atoms with van der Waals surface area (Å²) in [6, 6.07) is 0. The van der Waals surface area contributed by atoms with Gasteiger partial charge in [-0.3, -0.25) is 0 Å². The molecule has 0 aromatic heterocycles. The Morgan fingerprint density at radius 2 is 1.12 bits per heavy atom. The summed E-state index contributed by atoms with van der Waals surface area (Å²) in [6.45, 7) is -1.99. The maximum Gasteiger partial charge on any atom is 0.187 e. The second-order valence-corrected chi connectivity index (χ2v) is 8.24. The van der Waals surface area contributed by atoms with E-state index in [2.05, 4.69) is 0 Å².